The van der Waals surface area contributed by atoms with E-state index >= 15 is 0 Å². The van der Waals surface area contributed by atoms with Gasteiger partial charge in [0.1, 0.15) is 10.8 Å². The van der Waals surface area contributed by atoms with Gasteiger partial charge in [0.2, 0.25) is 0 Å². The van der Waals surface area contributed by atoms with Crippen LogP contribution >= 0.6 is 12.2 Å². The number of ether oxygens (including phenoxy) is 2. The number of nitrogens with two attached hydrogens (primary N) is 1. The molecule has 1 aromatic carbocycles. The molecule has 1 aliphatic heterocycles. The minimum absolute atomic E-state index is 0.262. The first-order valence-electron chi connectivity index (χ1n) is 5.90. The third kappa shape index (κ3) is 3.48. The highest BCUT2D eigenvalue weighted by atomic mass is 32.1. The molecule has 1 heterocycles. The van der Waals surface area contributed by atoms with Crippen LogP contribution < -0.4 is 5.73 Å². The van der Waals surface area contributed by atoms with Gasteiger partial charge in [-0.15, -0.1) is 0 Å². The van der Waals surface area contributed by atoms with Gasteiger partial charge in [-0.1, -0.05) is 12.2 Å². The SMILES string of the molecule is NC(=S)c1ccc(F)cc1COCC1CCOC1. The zero-order valence-electron chi connectivity index (χ0n) is 10.0. The van der Waals surface area contributed by atoms with Crippen LogP contribution in [0.25, 0.3) is 0 Å². The Morgan fingerprint density at radius 1 is 1.56 bits per heavy atom. The molecule has 98 valence electrons. The van der Waals surface area contributed by atoms with Crippen LogP contribution in [0, 0.1) is 11.7 Å². The minimum Gasteiger partial charge on any atom is -0.389 e. The van der Waals surface area contributed by atoms with Gasteiger partial charge in [0.25, 0.3) is 0 Å². The lowest BCUT2D eigenvalue weighted by Crippen LogP contribution is -2.15. The predicted octanol–water partition coefficient (Wildman–Crippen LogP) is 2.01. The average Bonchev–Trinajstić information content (AvgIpc) is 2.82. The van der Waals surface area contributed by atoms with Crippen LogP contribution in [-0.2, 0) is 16.1 Å². The van der Waals surface area contributed by atoms with Crippen LogP contribution in [0.1, 0.15) is 17.5 Å². The molecule has 0 aromatic heterocycles. The molecule has 2 rings (SSSR count). The Balaban J connectivity index is 1.94. The second-order valence-electron chi connectivity index (χ2n) is 4.41. The van der Waals surface area contributed by atoms with Gasteiger partial charge in [0.05, 0.1) is 19.8 Å². The Hall–Kier alpha value is -1.04. The van der Waals surface area contributed by atoms with Gasteiger partial charge in [-0.2, -0.15) is 0 Å². The molecule has 0 amide bonds. The topological polar surface area (TPSA) is 44.5 Å². The molecule has 1 atom stereocenters. The van der Waals surface area contributed by atoms with Crippen LogP contribution in [0.4, 0.5) is 4.39 Å². The number of hydrogen-bond acceptors (Lipinski definition) is 3. The second-order valence-corrected chi connectivity index (χ2v) is 4.85. The molecule has 1 saturated heterocycles. The highest BCUT2D eigenvalue weighted by molar-refractivity contribution is 7.80. The number of rotatable bonds is 5. The van der Waals surface area contributed by atoms with Crippen molar-refractivity contribution in [3.05, 3.63) is 35.1 Å². The zero-order chi connectivity index (χ0) is 13.0. The fraction of sp³-hybridized carbons (Fsp3) is 0.462. The van der Waals surface area contributed by atoms with Crippen LogP contribution in [0.2, 0.25) is 0 Å². The molecule has 0 spiro atoms. The summed E-state index contributed by atoms with van der Waals surface area (Å²) in [5.41, 5.74) is 6.96. The van der Waals surface area contributed by atoms with E-state index < -0.39 is 0 Å². The molecule has 0 saturated carbocycles. The minimum atomic E-state index is -0.308. The first kappa shape index (κ1) is 13.4. The summed E-state index contributed by atoms with van der Waals surface area (Å²) >= 11 is 4.93. The molecular formula is C13H16FNO2S. The molecule has 0 aliphatic carbocycles. The lowest BCUT2D eigenvalue weighted by Gasteiger charge is -2.11. The molecule has 1 aromatic rings. The first-order valence-corrected chi connectivity index (χ1v) is 6.31. The van der Waals surface area contributed by atoms with Crippen LogP contribution in [0.5, 0.6) is 0 Å². The van der Waals surface area contributed by atoms with Crippen LogP contribution in [0.15, 0.2) is 18.2 Å². The van der Waals surface area contributed by atoms with Gasteiger partial charge in [-0.25, -0.2) is 4.39 Å². The smallest absolute Gasteiger partial charge is 0.123 e. The summed E-state index contributed by atoms with van der Waals surface area (Å²) in [6.07, 6.45) is 1.02. The lowest BCUT2D eigenvalue weighted by molar-refractivity contribution is 0.0789. The lowest BCUT2D eigenvalue weighted by atomic mass is 10.1. The van der Waals surface area contributed by atoms with E-state index in [1.165, 1.54) is 12.1 Å². The van der Waals surface area contributed by atoms with E-state index in [2.05, 4.69) is 0 Å². The van der Waals surface area contributed by atoms with E-state index in [4.69, 9.17) is 27.4 Å². The second kappa shape index (κ2) is 6.22. The Bertz CT molecular complexity index is 433. The molecule has 1 aliphatic rings. The third-order valence-corrected chi connectivity index (χ3v) is 3.19. The standard InChI is InChI=1S/C13H16FNO2S/c14-11-1-2-12(13(15)18)10(5-11)8-17-7-9-3-4-16-6-9/h1-2,5,9H,3-4,6-8H2,(H2,15,18). The Morgan fingerprint density at radius 2 is 2.39 bits per heavy atom. The fourth-order valence-corrected chi connectivity index (χ4v) is 2.17. The summed E-state index contributed by atoms with van der Waals surface area (Å²) in [6, 6.07) is 4.36. The Labute approximate surface area is 111 Å². The van der Waals surface area contributed by atoms with Crippen molar-refractivity contribution in [2.75, 3.05) is 19.8 Å². The number of hydrogen-bond donors (Lipinski definition) is 1. The van der Waals surface area contributed by atoms with Crippen LogP contribution in [0.3, 0.4) is 0 Å². The molecule has 1 fully saturated rings. The summed E-state index contributed by atoms with van der Waals surface area (Å²) in [7, 11) is 0. The largest absolute Gasteiger partial charge is 0.389 e. The van der Waals surface area contributed by atoms with Crippen LogP contribution in [-0.4, -0.2) is 24.8 Å². The normalized spacial score (nSPS) is 19.1. The Morgan fingerprint density at radius 3 is 3.06 bits per heavy atom. The Kier molecular flexibility index (Phi) is 4.63. The van der Waals surface area contributed by atoms with Crippen molar-refractivity contribution >= 4 is 17.2 Å². The maximum Gasteiger partial charge on any atom is 0.123 e. The van der Waals surface area contributed by atoms with E-state index in [0.29, 0.717) is 30.3 Å². The van der Waals surface area contributed by atoms with E-state index in [1.807, 2.05) is 0 Å². The molecule has 2 N–H and O–H groups in total. The van der Waals surface area contributed by atoms with E-state index in [9.17, 15) is 4.39 Å². The molecule has 0 bridgehead atoms. The van der Waals surface area contributed by atoms with Gasteiger partial charge in [0.15, 0.2) is 0 Å². The highest BCUT2D eigenvalue weighted by Crippen LogP contribution is 2.16. The molecule has 5 heteroatoms. The average molecular weight is 269 g/mol. The molecule has 18 heavy (non-hydrogen) atoms. The quantitative estimate of drug-likeness (QED) is 0.831. The van der Waals surface area contributed by atoms with Crippen molar-refractivity contribution in [1.82, 2.24) is 0 Å². The zero-order valence-corrected chi connectivity index (χ0v) is 10.8. The summed E-state index contributed by atoms with van der Waals surface area (Å²) in [4.78, 5) is 0.262. The maximum atomic E-state index is 13.2. The summed E-state index contributed by atoms with van der Waals surface area (Å²) in [5, 5.41) is 0. The predicted molar refractivity (Wildman–Crippen MR) is 70.9 cm³/mol. The van der Waals surface area contributed by atoms with Crippen molar-refractivity contribution in [1.29, 1.82) is 0 Å². The molecule has 3 nitrogen and oxygen atoms in total. The highest BCUT2D eigenvalue weighted by Gasteiger charge is 2.16. The van der Waals surface area contributed by atoms with Crippen molar-refractivity contribution in [2.45, 2.75) is 13.0 Å². The first-order chi connectivity index (χ1) is 8.66. The maximum absolute atomic E-state index is 13.2. The molecule has 1 unspecified atom stereocenters. The van der Waals surface area contributed by atoms with Gasteiger partial charge < -0.3 is 15.2 Å². The summed E-state index contributed by atoms with van der Waals surface area (Å²) in [5.74, 6) is 0.129. The van der Waals surface area contributed by atoms with Gasteiger partial charge in [-0.3, -0.25) is 0 Å². The van der Waals surface area contributed by atoms with Crippen molar-refractivity contribution in [2.24, 2.45) is 11.7 Å². The van der Waals surface area contributed by atoms with Crippen molar-refractivity contribution in [3.8, 4) is 0 Å². The molecular weight excluding hydrogens is 253 g/mol. The number of benzene rings is 1. The van der Waals surface area contributed by atoms with E-state index in [1.54, 1.807) is 6.07 Å². The van der Waals surface area contributed by atoms with Crippen molar-refractivity contribution < 1.29 is 13.9 Å². The number of thiocarbonyl (C=S) groups is 1. The fourth-order valence-electron chi connectivity index (χ4n) is 1.97. The van der Waals surface area contributed by atoms with Gasteiger partial charge in [0, 0.05) is 18.1 Å². The third-order valence-electron chi connectivity index (χ3n) is 2.97. The summed E-state index contributed by atoms with van der Waals surface area (Å²) < 4.78 is 24.0. The van der Waals surface area contributed by atoms with Crippen molar-refractivity contribution in [3.63, 3.8) is 0 Å². The van der Waals surface area contributed by atoms with E-state index in [0.717, 1.165) is 19.6 Å². The van der Waals surface area contributed by atoms with E-state index in [-0.39, 0.29) is 10.8 Å². The van der Waals surface area contributed by atoms with Gasteiger partial charge in [-0.05, 0) is 30.2 Å². The van der Waals surface area contributed by atoms with Gasteiger partial charge >= 0.3 is 0 Å². The molecule has 0 radical (unpaired) electrons. The number of halogens is 1. The summed E-state index contributed by atoms with van der Waals surface area (Å²) in [6.45, 7) is 2.48. The monoisotopic (exact) mass is 269 g/mol.